The Balaban J connectivity index is 0.000000413. The third kappa shape index (κ3) is 41.6. The van der Waals surface area contributed by atoms with Crippen molar-refractivity contribution < 1.29 is 150 Å². The first-order chi connectivity index (χ1) is 64.5. The van der Waals surface area contributed by atoms with Gasteiger partial charge in [-0.2, -0.15) is 0 Å². The minimum absolute atomic E-state index is 0. The summed E-state index contributed by atoms with van der Waals surface area (Å²) in [6.45, 7) is 29.3. The number of aromatic nitrogens is 5. The van der Waals surface area contributed by atoms with E-state index in [1.807, 2.05) is 146 Å². The topological polar surface area (TPSA) is 251 Å². The van der Waals surface area contributed by atoms with Crippen molar-refractivity contribution in [3.05, 3.63) is 450 Å². The first kappa shape index (κ1) is 121. The number of hydrogen-bond acceptors (Lipinski definition) is 15. The number of fused-ring (bicyclic) bond motifs is 5. The molecule has 20 heteroatoms. The van der Waals surface area contributed by atoms with E-state index < -0.39 is 0 Å². The molecule has 5 heterocycles. The van der Waals surface area contributed by atoms with Crippen LogP contribution >= 0.6 is 0 Å². The van der Waals surface area contributed by atoms with Gasteiger partial charge >= 0.3 is 0 Å². The number of allylic oxidation sites excluding steroid dienone is 10. The standard InChI is InChI=1S/C24H18N.3C18H14N.C17H14N.5C5H8O2.5Ir/c1-24(2)20-9-5-4-8-18(20)19-13-11-17(15-21(19)24)23-14-12-16-7-3-6-10-22(16)25-23;1-14-6-5-9-17(12-14)18-13-16(10-11-19-18)15-7-3-2-4-8-15;1-14-6-5-9-16(12-14)17-10-11-19-18(13-17)15-7-3-2-4-8-15;1-14-7-9-15(10-8-14)17-11-12-19-18(13-17)16-5-3-2-4-6-16;1-12-9-13(2)11-15(10-12)17-8-7-14-5-3-4-6-16(14)18-17;5*1-4(6)3-5(2)7;;;;;/h3-10,12-15H,1-2H3;2-8,10-13H,1H3;2-7,9-13H,1H3;2-5,7-13H,1H3;3-10H,1-2H3;5*3,6H,1-2H3;;;;;/q5*-1;;;;;;;;;;. The second kappa shape index (κ2) is 62.1. The molecule has 729 valence electrons. The third-order valence-corrected chi connectivity index (χ3v) is 19.8. The number of carbonyl (C=O) groups is 5. The summed E-state index contributed by atoms with van der Waals surface area (Å²) in [5.41, 5.74) is 30.9. The number of para-hydroxylation sites is 2. The third-order valence-electron chi connectivity index (χ3n) is 19.8. The van der Waals surface area contributed by atoms with E-state index in [4.69, 9.17) is 35.5 Å². The Bertz CT molecular complexity index is 6560. The van der Waals surface area contributed by atoms with Gasteiger partial charge in [0.2, 0.25) is 0 Å². The van der Waals surface area contributed by atoms with E-state index in [0.717, 1.165) is 72.9 Å². The number of hydrogen-bond donors (Lipinski definition) is 5. The minimum atomic E-state index is -0.125. The fraction of sp³-hybridized carbons (Fsp3) is 0.150. The van der Waals surface area contributed by atoms with Gasteiger partial charge in [-0.3, -0.25) is 33.9 Å². The first-order valence-electron chi connectivity index (χ1n) is 43.8. The second-order valence-corrected chi connectivity index (χ2v) is 32.6. The van der Waals surface area contributed by atoms with Gasteiger partial charge in [0.1, 0.15) is 0 Å². The van der Waals surface area contributed by atoms with Crippen LogP contribution in [0, 0.1) is 65.0 Å². The number of pyridine rings is 5. The van der Waals surface area contributed by atoms with Crippen LogP contribution in [0.2, 0.25) is 0 Å². The van der Waals surface area contributed by atoms with Crippen LogP contribution in [-0.4, -0.2) is 79.4 Å². The molecular formula is C120H114Ir5N5O10-5. The van der Waals surface area contributed by atoms with Gasteiger partial charge < -0.3 is 40.5 Å². The summed E-state index contributed by atoms with van der Waals surface area (Å²) < 4.78 is 0. The average molecular weight is 2750 g/mol. The van der Waals surface area contributed by atoms with E-state index in [1.54, 1.807) is 0 Å². The molecule has 1 aliphatic rings. The summed E-state index contributed by atoms with van der Waals surface area (Å²) in [6.07, 6.45) is 11.4. The molecule has 5 aromatic heterocycles. The van der Waals surface area contributed by atoms with E-state index in [0.29, 0.717) is 0 Å². The Hall–Kier alpha value is -13.0. The maximum absolute atomic E-state index is 10.0. The molecule has 0 saturated heterocycles. The van der Waals surface area contributed by atoms with Crippen LogP contribution < -0.4 is 0 Å². The van der Waals surface area contributed by atoms with Gasteiger partial charge in [0.25, 0.3) is 0 Å². The molecule has 0 amide bonds. The number of carbonyl (C=O) groups excluding carboxylic acids is 5. The molecule has 0 unspecified atom stereocenters. The maximum atomic E-state index is 10.0. The van der Waals surface area contributed by atoms with Crippen molar-refractivity contribution in [2.45, 2.75) is 123 Å². The van der Waals surface area contributed by atoms with Crippen LogP contribution in [0.3, 0.4) is 0 Å². The van der Waals surface area contributed by atoms with Gasteiger partial charge in [0, 0.05) is 149 Å². The molecule has 0 atom stereocenters. The monoisotopic (exact) mass is 2750 g/mol. The Morgan fingerprint density at radius 1 is 0.279 bits per heavy atom. The molecule has 0 aliphatic heterocycles. The van der Waals surface area contributed by atoms with E-state index in [9.17, 15) is 24.0 Å². The van der Waals surface area contributed by atoms with Crippen LogP contribution in [0.1, 0.15) is 122 Å². The molecule has 140 heavy (non-hydrogen) atoms. The smallest absolute Gasteiger partial charge is 0.155 e. The fourth-order valence-electron chi connectivity index (χ4n) is 14.0. The molecule has 5 radical (unpaired) electrons. The SMILES string of the molecule is CC(=O)C=C(C)O.CC(=O)C=C(C)O.CC(=O)C=C(C)O.CC(=O)C=C(C)O.CC(=O)C=C(C)O.CC1(C)c2ccccc2-c2c[c-]c(-c3ccc4ccccc4n3)cc21.Cc1[c-]c(-c2ccc3ccccc3n2)cc(C)c1.Cc1cc[c-]c(-c2cc(-c3ccccc3)ccn2)c1.Cc1ccc(-c2ccnc(-c3[c-]cccc3)c2)cc1.Cc1cccc(-c2ccnc(-c3[c-]cccc3)c2)c1.[Ir].[Ir].[Ir].[Ir].[Ir]. The zero-order valence-electron chi connectivity index (χ0n) is 81.2. The molecule has 0 spiro atoms. The minimum Gasteiger partial charge on any atom is -0.512 e. The molecule has 0 fully saturated rings. The van der Waals surface area contributed by atoms with Crippen molar-refractivity contribution >= 4 is 50.7 Å². The fourth-order valence-corrected chi connectivity index (χ4v) is 14.0. The van der Waals surface area contributed by atoms with Crippen molar-refractivity contribution in [2.24, 2.45) is 0 Å². The van der Waals surface area contributed by atoms with Crippen molar-refractivity contribution in [3.8, 4) is 101 Å². The van der Waals surface area contributed by atoms with E-state index >= 15 is 0 Å². The van der Waals surface area contributed by atoms with Crippen molar-refractivity contribution in [1.82, 2.24) is 24.9 Å². The van der Waals surface area contributed by atoms with Gasteiger partial charge in [0.05, 0.1) is 39.8 Å². The average Bonchev–Trinajstić information content (AvgIpc) is 1.58. The predicted octanol–water partition coefficient (Wildman–Crippen LogP) is 29.1. The molecular weight excluding hydrogens is 2630 g/mol. The summed E-state index contributed by atoms with van der Waals surface area (Å²) in [7, 11) is 0. The van der Waals surface area contributed by atoms with E-state index in [-0.39, 0.29) is 164 Å². The predicted molar refractivity (Wildman–Crippen MR) is 550 cm³/mol. The summed E-state index contributed by atoms with van der Waals surface area (Å²) in [5, 5.41) is 44.2. The molecule has 0 saturated carbocycles. The van der Waals surface area contributed by atoms with Crippen LogP contribution in [0.4, 0.5) is 0 Å². The number of aliphatic hydroxyl groups excluding tert-OH is 5. The zero-order chi connectivity index (χ0) is 98.1. The summed E-state index contributed by atoms with van der Waals surface area (Å²) in [4.78, 5) is 72.9. The van der Waals surface area contributed by atoms with Crippen molar-refractivity contribution in [2.75, 3.05) is 0 Å². The molecule has 17 rings (SSSR count). The molecule has 5 N–H and O–H groups in total. The largest absolute Gasteiger partial charge is 0.512 e. The Morgan fingerprint density at radius 2 is 0.650 bits per heavy atom. The van der Waals surface area contributed by atoms with Gasteiger partial charge in [-0.15, -0.1) is 171 Å². The van der Waals surface area contributed by atoms with Crippen LogP contribution in [0.5, 0.6) is 0 Å². The number of aryl methyl sites for hydroxylation is 5. The van der Waals surface area contributed by atoms with Crippen molar-refractivity contribution in [1.29, 1.82) is 0 Å². The van der Waals surface area contributed by atoms with Gasteiger partial charge in [-0.1, -0.05) is 239 Å². The number of ketones is 5. The molecule has 1 aliphatic carbocycles. The Morgan fingerprint density at radius 3 is 1.07 bits per heavy atom. The van der Waals surface area contributed by atoms with Gasteiger partial charge in [-0.25, -0.2) is 0 Å². The van der Waals surface area contributed by atoms with Crippen molar-refractivity contribution in [3.63, 3.8) is 0 Å². The van der Waals surface area contributed by atoms with Crippen LogP contribution in [-0.2, 0) is 130 Å². The summed E-state index contributed by atoms with van der Waals surface area (Å²) >= 11 is 0. The van der Waals surface area contributed by atoms with Gasteiger partial charge in [0.15, 0.2) is 28.9 Å². The summed E-state index contributed by atoms with van der Waals surface area (Å²) in [6, 6.07) is 120. The molecule has 11 aromatic carbocycles. The number of benzene rings is 11. The Kier molecular flexibility index (Phi) is 53.8. The second-order valence-electron chi connectivity index (χ2n) is 32.6. The normalized spacial score (nSPS) is 11.0. The zero-order valence-corrected chi connectivity index (χ0v) is 93.1. The molecule has 16 aromatic rings. The number of nitrogens with zero attached hydrogens (tertiary/aromatic N) is 5. The van der Waals surface area contributed by atoms with Crippen LogP contribution in [0.15, 0.2) is 381 Å². The maximum Gasteiger partial charge on any atom is 0.155 e. The summed E-state index contributed by atoms with van der Waals surface area (Å²) in [5.74, 6) is -0.312. The van der Waals surface area contributed by atoms with E-state index in [2.05, 4.69) is 270 Å². The first-order valence-corrected chi connectivity index (χ1v) is 43.8. The van der Waals surface area contributed by atoms with Crippen LogP contribution in [0.25, 0.3) is 123 Å². The number of aliphatic hydroxyl groups is 5. The quantitative estimate of drug-likeness (QED) is 0.0409. The molecule has 15 nitrogen and oxygen atoms in total. The van der Waals surface area contributed by atoms with Gasteiger partial charge in [-0.05, 0) is 197 Å². The van der Waals surface area contributed by atoms with E-state index in [1.165, 1.54) is 188 Å². The Labute approximate surface area is 891 Å². The molecule has 0 bridgehead atoms. The number of rotatable bonds is 13.